The SMILES string of the molecule is CCNC(=NCc1cccc(OCCN(C)CCOC)c1)N(C)CC1CCOC1.I. The Balaban J connectivity index is 0.00000450. The van der Waals surface area contributed by atoms with Crippen molar-refractivity contribution in [3.63, 3.8) is 0 Å². The molecule has 1 heterocycles. The van der Waals surface area contributed by atoms with Crippen molar-refractivity contribution in [3.8, 4) is 5.75 Å². The molecule has 0 bridgehead atoms. The van der Waals surface area contributed by atoms with E-state index in [9.17, 15) is 0 Å². The number of methoxy groups -OCH3 is 1. The molecule has 0 spiro atoms. The summed E-state index contributed by atoms with van der Waals surface area (Å²) in [5.41, 5.74) is 1.14. The van der Waals surface area contributed by atoms with E-state index in [1.807, 2.05) is 12.1 Å². The van der Waals surface area contributed by atoms with Crippen LogP contribution in [0.2, 0.25) is 0 Å². The molecule has 7 nitrogen and oxygen atoms in total. The number of hydrogen-bond donors (Lipinski definition) is 1. The molecule has 8 heteroatoms. The van der Waals surface area contributed by atoms with E-state index in [1.165, 1.54) is 0 Å². The molecule has 1 aromatic rings. The summed E-state index contributed by atoms with van der Waals surface area (Å²) in [7, 11) is 5.89. The fourth-order valence-corrected chi connectivity index (χ4v) is 3.25. The largest absolute Gasteiger partial charge is 0.492 e. The summed E-state index contributed by atoms with van der Waals surface area (Å²) in [6.07, 6.45) is 1.13. The topological polar surface area (TPSA) is 58.6 Å². The van der Waals surface area contributed by atoms with Gasteiger partial charge in [-0.15, -0.1) is 24.0 Å². The van der Waals surface area contributed by atoms with E-state index >= 15 is 0 Å². The molecule has 1 aliphatic heterocycles. The first-order chi connectivity index (χ1) is 14.1. The van der Waals surface area contributed by atoms with Gasteiger partial charge in [0.05, 0.1) is 19.8 Å². The maximum absolute atomic E-state index is 5.92. The van der Waals surface area contributed by atoms with Crippen LogP contribution in [0.25, 0.3) is 0 Å². The summed E-state index contributed by atoms with van der Waals surface area (Å²) in [5, 5.41) is 3.39. The highest BCUT2D eigenvalue weighted by Gasteiger charge is 2.19. The second-order valence-electron chi connectivity index (χ2n) is 7.57. The zero-order valence-electron chi connectivity index (χ0n) is 18.9. The van der Waals surface area contributed by atoms with Crippen LogP contribution in [0, 0.1) is 5.92 Å². The summed E-state index contributed by atoms with van der Waals surface area (Å²) in [4.78, 5) is 9.23. The molecule has 1 aliphatic rings. The Morgan fingerprint density at radius 1 is 1.27 bits per heavy atom. The predicted octanol–water partition coefficient (Wildman–Crippen LogP) is 2.70. The molecule has 1 atom stereocenters. The lowest BCUT2D eigenvalue weighted by Gasteiger charge is -2.24. The quantitative estimate of drug-likeness (QED) is 0.253. The van der Waals surface area contributed by atoms with Crippen molar-refractivity contribution < 1.29 is 14.2 Å². The zero-order valence-corrected chi connectivity index (χ0v) is 21.3. The van der Waals surface area contributed by atoms with Crippen molar-refractivity contribution in [3.05, 3.63) is 29.8 Å². The number of benzene rings is 1. The van der Waals surface area contributed by atoms with Gasteiger partial charge in [-0.1, -0.05) is 12.1 Å². The molecule has 1 N–H and O–H groups in total. The maximum Gasteiger partial charge on any atom is 0.193 e. The van der Waals surface area contributed by atoms with Gasteiger partial charge in [0.15, 0.2) is 5.96 Å². The zero-order chi connectivity index (χ0) is 20.9. The monoisotopic (exact) mass is 534 g/mol. The smallest absolute Gasteiger partial charge is 0.193 e. The van der Waals surface area contributed by atoms with E-state index in [0.717, 1.165) is 69.7 Å². The number of halogens is 1. The molecule has 0 radical (unpaired) electrons. The van der Waals surface area contributed by atoms with Gasteiger partial charge in [0, 0.05) is 52.9 Å². The third-order valence-corrected chi connectivity index (χ3v) is 4.98. The average Bonchev–Trinajstić information content (AvgIpc) is 3.23. The Labute approximate surface area is 199 Å². The Morgan fingerprint density at radius 2 is 2.07 bits per heavy atom. The lowest BCUT2D eigenvalue weighted by Crippen LogP contribution is -2.41. The predicted molar refractivity (Wildman–Crippen MR) is 133 cm³/mol. The summed E-state index contributed by atoms with van der Waals surface area (Å²) < 4.78 is 16.5. The molecule has 0 aromatic heterocycles. The van der Waals surface area contributed by atoms with Crippen LogP contribution < -0.4 is 10.1 Å². The van der Waals surface area contributed by atoms with E-state index < -0.39 is 0 Å². The minimum Gasteiger partial charge on any atom is -0.492 e. The van der Waals surface area contributed by atoms with Gasteiger partial charge in [-0.25, -0.2) is 4.99 Å². The number of nitrogens with zero attached hydrogens (tertiary/aromatic N) is 3. The van der Waals surface area contributed by atoms with Gasteiger partial charge in [-0.05, 0) is 38.1 Å². The molecule has 1 aromatic carbocycles. The average molecular weight is 534 g/mol. The van der Waals surface area contributed by atoms with Gasteiger partial charge in [0.25, 0.3) is 0 Å². The van der Waals surface area contributed by atoms with Crippen LogP contribution in [0.1, 0.15) is 18.9 Å². The van der Waals surface area contributed by atoms with Gasteiger partial charge in [-0.2, -0.15) is 0 Å². The Bertz CT molecular complexity index is 612. The molecular weight excluding hydrogens is 495 g/mol. The van der Waals surface area contributed by atoms with Crippen LogP contribution in [0.3, 0.4) is 0 Å². The van der Waals surface area contributed by atoms with Crippen molar-refractivity contribution in [1.29, 1.82) is 0 Å². The Morgan fingerprint density at radius 3 is 2.77 bits per heavy atom. The van der Waals surface area contributed by atoms with Crippen LogP contribution in [-0.2, 0) is 16.0 Å². The number of ether oxygens (including phenoxy) is 3. The van der Waals surface area contributed by atoms with E-state index in [1.54, 1.807) is 7.11 Å². The van der Waals surface area contributed by atoms with E-state index in [0.29, 0.717) is 19.1 Å². The number of aliphatic imine (C=N–C) groups is 1. The van der Waals surface area contributed by atoms with E-state index in [2.05, 4.69) is 48.3 Å². The minimum atomic E-state index is 0. The first kappa shape index (κ1) is 26.9. The van der Waals surface area contributed by atoms with Gasteiger partial charge < -0.3 is 29.3 Å². The van der Waals surface area contributed by atoms with Gasteiger partial charge >= 0.3 is 0 Å². The van der Waals surface area contributed by atoms with E-state index in [4.69, 9.17) is 19.2 Å². The highest BCUT2D eigenvalue weighted by atomic mass is 127. The molecule has 1 saturated heterocycles. The van der Waals surface area contributed by atoms with Crippen LogP contribution in [0.5, 0.6) is 5.75 Å². The van der Waals surface area contributed by atoms with Crippen LogP contribution in [0.4, 0.5) is 0 Å². The normalized spacial score (nSPS) is 16.4. The van der Waals surface area contributed by atoms with Crippen molar-refractivity contribution in [1.82, 2.24) is 15.1 Å². The summed E-state index contributed by atoms with van der Waals surface area (Å²) >= 11 is 0. The molecular formula is C22H39IN4O3. The van der Waals surface area contributed by atoms with Crippen LogP contribution >= 0.6 is 24.0 Å². The highest BCUT2D eigenvalue weighted by molar-refractivity contribution is 14.0. The standard InChI is InChI=1S/C22H38N4O3.HI/c1-5-23-22(26(3)17-20-9-12-28-18-20)24-16-19-7-6-8-21(15-19)29-14-11-25(2)10-13-27-4;/h6-8,15,20H,5,9-14,16-18H2,1-4H3,(H,23,24);1H. The molecule has 0 saturated carbocycles. The summed E-state index contributed by atoms with van der Waals surface area (Å²) in [6.45, 7) is 9.43. The third kappa shape index (κ3) is 10.3. The Hall–Kier alpha value is -1.10. The fraction of sp³-hybridized carbons (Fsp3) is 0.682. The highest BCUT2D eigenvalue weighted by Crippen LogP contribution is 2.15. The number of rotatable bonds is 12. The summed E-state index contributed by atoms with van der Waals surface area (Å²) in [6, 6.07) is 8.20. The van der Waals surface area contributed by atoms with E-state index in [-0.39, 0.29) is 24.0 Å². The minimum absolute atomic E-state index is 0. The summed E-state index contributed by atoms with van der Waals surface area (Å²) in [5.74, 6) is 2.41. The number of nitrogens with one attached hydrogen (secondary N) is 1. The van der Waals surface area contributed by atoms with Gasteiger partial charge in [0.1, 0.15) is 12.4 Å². The molecule has 2 rings (SSSR count). The second kappa shape index (κ2) is 15.7. The third-order valence-electron chi connectivity index (χ3n) is 4.98. The maximum atomic E-state index is 5.92. The molecule has 1 fully saturated rings. The lowest BCUT2D eigenvalue weighted by molar-refractivity contribution is 0.150. The van der Waals surface area contributed by atoms with Gasteiger partial charge in [0.2, 0.25) is 0 Å². The van der Waals surface area contributed by atoms with Gasteiger partial charge in [-0.3, -0.25) is 0 Å². The van der Waals surface area contributed by atoms with Crippen LogP contribution in [0.15, 0.2) is 29.3 Å². The van der Waals surface area contributed by atoms with Crippen molar-refractivity contribution >= 4 is 29.9 Å². The Kier molecular flexibility index (Phi) is 14.1. The number of hydrogen-bond acceptors (Lipinski definition) is 5. The second-order valence-corrected chi connectivity index (χ2v) is 7.57. The first-order valence-electron chi connectivity index (χ1n) is 10.6. The number of guanidine groups is 1. The molecule has 1 unspecified atom stereocenters. The first-order valence-corrected chi connectivity index (χ1v) is 10.6. The van der Waals surface area contributed by atoms with Crippen molar-refractivity contribution in [2.75, 3.05) is 73.8 Å². The van der Waals surface area contributed by atoms with Crippen molar-refractivity contribution in [2.24, 2.45) is 10.9 Å². The fourth-order valence-electron chi connectivity index (χ4n) is 3.25. The van der Waals surface area contributed by atoms with Crippen molar-refractivity contribution in [2.45, 2.75) is 19.9 Å². The number of likely N-dealkylation sites (N-methyl/N-ethyl adjacent to an activating group) is 1. The molecule has 30 heavy (non-hydrogen) atoms. The van der Waals surface area contributed by atoms with Crippen LogP contribution in [-0.4, -0.2) is 89.6 Å². The molecule has 0 aliphatic carbocycles. The molecule has 0 amide bonds. The molecule has 172 valence electrons. The lowest BCUT2D eigenvalue weighted by atomic mass is 10.1.